The van der Waals surface area contributed by atoms with Crippen LogP contribution in [0.3, 0.4) is 0 Å². The fourth-order valence-corrected chi connectivity index (χ4v) is 3.13. The predicted molar refractivity (Wildman–Crippen MR) is 88.2 cm³/mol. The average molecular weight is 307 g/mol. The van der Waals surface area contributed by atoms with E-state index in [9.17, 15) is 5.11 Å². The monoisotopic (exact) mass is 307 g/mol. The molecular formula is C18H29NO3. The van der Waals surface area contributed by atoms with Gasteiger partial charge in [0.15, 0.2) is 0 Å². The zero-order valence-corrected chi connectivity index (χ0v) is 14.0. The molecule has 4 nitrogen and oxygen atoms in total. The molecule has 4 heteroatoms. The summed E-state index contributed by atoms with van der Waals surface area (Å²) < 4.78 is 10.7. The van der Waals surface area contributed by atoms with E-state index in [-0.39, 0.29) is 11.6 Å². The first-order valence-corrected chi connectivity index (χ1v) is 8.25. The van der Waals surface area contributed by atoms with E-state index >= 15 is 0 Å². The number of aliphatic hydroxyl groups excluding tert-OH is 1. The first kappa shape index (κ1) is 17.3. The van der Waals surface area contributed by atoms with Crippen molar-refractivity contribution in [1.29, 1.82) is 0 Å². The molecule has 1 saturated carbocycles. The van der Waals surface area contributed by atoms with Crippen LogP contribution in [0.15, 0.2) is 24.3 Å². The lowest BCUT2D eigenvalue weighted by Gasteiger charge is -2.32. The van der Waals surface area contributed by atoms with Crippen molar-refractivity contribution in [3.63, 3.8) is 0 Å². The van der Waals surface area contributed by atoms with Gasteiger partial charge in [-0.05, 0) is 44.4 Å². The highest BCUT2D eigenvalue weighted by molar-refractivity contribution is 5.32. The molecule has 2 N–H and O–H groups in total. The van der Waals surface area contributed by atoms with Gasteiger partial charge in [0, 0.05) is 12.1 Å². The molecule has 1 atom stereocenters. The summed E-state index contributed by atoms with van der Waals surface area (Å²) in [4.78, 5) is 0. The van der Waals surface area contributed by atoms with Crippen LogP contribution < -0.4 is 10.1 Å². The molecule has 22 heavy (non-hydrogen) atoms. The third kappa shape index (κ3) is 4.45. The van der Waals surface area contributed by atoms with Crippen LogP contribution in [0.1, 0.15) is 45.1 Å². The zero-order chi connectivity index (χ0) is 16.0. The molecule has 1 aromatic carbocycles. The number of benzene rings is 1. The molecule has 0 spiro atoms. The molecule has 0 aliphatic heterocycles. The van der Waals surface area contributed by atoms with E-state index in [1.54, 1.807) is 7.11 Å². The highest BCUT2D eigenvalue weighted by atomic mass is 16.5. The van der Waals surface area contributed by atoms with Gasteiger partial charge in [0.25, 0.3) is 0 Å². The Morgan fingerprint density at radius 1 is 1.18 bits per heavy atom. The summed E-state index contributed by atoms with van der Waals surface area (Å²) in [5.41, 5.74) is 1.26. The Kier molecular flexibility index (Phi) is 6.24. The van der Waals surface area contributed by atoms with Crippen molar-refractivity contribution in [2.75, 3.05) is 20.3 Å². The molecule has 0 saturated heterocycles. The molecule has 1 aliphatic rings. The Morgan fingerprint density at radius 3 is 2.36 bits per heavy atom. The van der Waals surface area contributed by atoms with Crippen LogP contribution in [0.2, 0.25) is 0 Å². The molecule has 0 bridgehead atoms. The first-order valence-electron chi connectivity index (χ1n) is 8.25. The van der Waals surface area contributed by atoms with Gasteiger partial charge in [-0.15, -0.1) is 0 Å². The average Bonchev–Trinajstić information content (AvgIpc) is 3.01. The summed E-state index contributed by atoms with van der Waals surface area (Å²) in [5.74, 6) is 0.877. The number of aliphatic hydroxyl groups is 1. The second-order valence-electron chi connectivity index (χ2n) is 6.43. The second kappa shape index (κ2) is 7.95. The van der Waals surface area contributed by atoms with Crippen LogP contribution in [0.4, 0.5) is 0 Å². The van der Waals surface area contributed by atoms with Crippen molar-refractivity contribution in [2.24, 2.45) is 0 Å². The summed E-state index contributed by atoms with van der Waals surface area (Å²) in [6.45, 7) is 4.90. The van der Waals surface area contributed by atoms with Crippen LogP contribution in [-0.4, -0.2) is 37.6 Å². The number of methoxy groups -OCH3 is 1. The maximum absolute atomic E-state index is 10.1. The van der Waals surface area contributed by atoms with E-state index in [2.05, 4.69) is 17.4 Å². The number of hydrogen-bond donors (Lipinski definition) is 2. The van der Waals surface area contributed by atoms with E-state index in [1.165, 1.54) is 18.4 Å². The van der Waals surface area contributed by atoms with Crippen molar-refractivity contribution in [3.8, 4) is 5.75 Å². The van der Waals surface area contributed by atoms with Crippen LogP contribution >= 0.6 is 0 Å². The lowest BCUT2D eigenvalue weighted by Crippen LogP contribution is -2.44. The largest absolute Gasteiger partial charge is 0.497 e. The Balaban J connectivity index is 1.98. The van der Waals surface area contributed by atoms with Crippen LogP contribution in [0.5, 0.6) is 5.75 Å². The van der Waals surface area contributed by atoms with Crippen molar-refractivity contribution < 1.29 is 14.6 Å². The van der Waals surface area contributed by atoms with Crippen LogP contribution in [0, 0.1) is 0 Å². The minimum atomic E-state index is -0.474. The highest BCUT2D eigenvalue weighted by Crippen LogP contribution is 2.39. The molecule has 2 rings (SSSR count). The van der Waals surface area contributed by atoms with Gasteiger partial charge in [-0.2, -0.15) is 0 Å². The van der Waals surface area contributed by atoms with Gasteiger partial charge in [-0.3, -0.25) is 0 Å². The predicted octanol–water partition coefficient (Wildman–Crippen LogP) is 2.84. The number of rotatable bonds is 8. The molecule has 1 aliphatic carbocycles. The standard InChI is InChI=1S/C18H29NO3/c1-14(2)22-13-16(20)12-19-18(10-4-5-11-18)15-6-8-17(21-3)9-7-15/h6-9,14,16,19-20H,4-5,10-13H2,1-3H3. The first-order chi connectivity index (χ1) is 10.6. The van der Waals surface area contributed by atoms with Crippen molar-refractivity contribution in [1.82, 2.24) is 5.32 Å². The lowest BCUT2D eigenvalue weighted by molar-refractivity contribution is 0.00325. The topological polar surface area (TPSA) is 50.7 Å². The van der Waals surface area contributed by atoms with Crippen molar-refractivity contribution in [3.05, 3.63) is 29.8 Å². The van der Waals surface area contributed by atoms with Crippen LogP contribution in [0.25, 0.3) is 0 Å². The van der Waals surface area contributed by atoms with Gasteiger partial charge < -0.3 is 19.9 Å². The molecular weight excluding hydrogens is 278 g/mol. The quantitative estimate of drug-likeness (QED) is 0.775. The molecule has 124 valence electrons. The highest BCUT2D eigenvalue weighted by Gasteiger charge is 2.35. The maximum atomic E-state index is 10.1. The van der Waals surface area contributed by atoms with Gasteiger partial charge >= 0.3 is 0 Å². The molecule has 0 heterocycles. The van der Waals surface area contributed by atoms with Crippen molar-refractivity contribution >= 4 is 0 Å². The van der Waals surface area contributed by atoms with E-state index in [1.807, 2.05) is 26.0 Å². The molecule has 1 fully saturated rings. The van der Waals surface area contributed by atoms with Gasteiger partial charge in [0.1, 0.15) is 5.75 Å². The van der Waals surface area contributed by atoms with Gasteiger partial charge in [0.05, 0.1) is 25.9 Å². The summed E-state index contributed by atoms with van der Waals surface area (Å²) in [7, 11) is 1.68. The Morgan fingerprint density at radius 2 is 1.82 bits per heavy atom. The van der Waals surface area contributed by atoms with E-state index < -0.39 is 6.10 Å². The van der Waals surface area contributed by atoms with E-state index in [0.29, 0.717) is 13.2 Å². The molecule has 0 radical (unpaired) electrons. The number of ether oxygens (including phenoxy) is 2. The molecule has 0 amide bonds. The van der Waals surface area contributed by atoms with Gasteiger partial charge in [-0.1, -0.05) is 25.0 Å². The van der Waals surface area contributed by atoms with E-state index in [4.69, 9.17) is 9.47 Å². The summed E-state index contributed by atoms with van der Waals surface area (Å²) in [6, 6.07) is 8.28. The summed E-state index contributed by atoms with van der Waals surface area (Å²) in [5, 5.41) is 13.7. The summed E-state index contributed by atoms with van der Waals surface area (Å²) in [6.07, 6.45) is 4.33. The third-order valence-corrected chi connectivity index (χ3v) is 4.40. The Bertz CT molecular complexity index is 438. The molecule has 0 aromatic heterocycles. The minimum Gasteiger partial charge on any atom is -0.497 e. The summed E-state index contributed by atoms with van der Waals surface area (Å²) >= 11 is 0. The number of hydrogen-bond acceptors (Lipinski definition) is 4. The fraction of sp³-hybridized carbons (Fsp3) is 0.667. The van der Waals surface area contributed by atoms with Gasteiger partial charge in [-0.25, -0.2) is 0 Å². The van der Waals surface area contributed by atoms with E-state index in [0.717, 1.165) is 18.6 Å². The second-order valence-corrected chi connectivity index (χ2v) is 6.43. The third-order valence-electron chi connectivity index (χ3n) is 4.40. The zero-order valence-electron chi connectivity index (χ0n) is 14.0. The SMILES string of the molecule is COc1ccc(C2(NCC(O)COC(C)C)CCCC2)cc1. The molecule has 1 aromatic rings. The Labute approximate surface area is 133 Å². The number of nitrogens with one attached hydrogen (secondary N) is 1. The lowest BCUT2D eigenvalue weighted by atomic mass is 9.88. The van der Waals surface area contributed by atoms with Crippen LogP contribution in [-0.2, 0) is 10.3 Å². The fourth-order valence-electron chi connectivity index (χ4n) is 3.13. The smallest absolute Gasteiger partial charge is 0.118 e. The molecule has 1 unspecified atom stereocenters. The van der Waals surface area contributed by atoms with Crippen molar-refractivity contribution in [2.45, 2.75) is 57.3 Å². The van der Waals surface area contributed by atoms with Gasteiger partial charge in [0.2, 0.25) is 0 Å². The normalized spacial score (nSPS) is 18.6. The Hall–Kier alpha value is -1.10. The minimum absolute atomic E-state index is 0.0227. The maximum Gasteiger partial charge on any atom is 0.118 e.